The van der Waals surface area contributed by atoms with Crippen molar-refractivity contribution in [3.63, 3.8) is 0 Å². The molecule has 0 aromatic carbocycles. The summed E-state index contributed by atoms with van der Waals surface area (Å²) in [7, 11) is -3.55. The average molecular weight is 887 g/mol. The van der Waals surface area contributed by atoms with Crippen molar-refractivity contribution in [1.82, 2.24) is 4.90 Å². The van der Waals surface area contributed by atoms with E-state index in [4.69, 9.17) is 18.3 Å². The SMILES string of the molecule is CCCCCCCCOC(CCCCCCC)O[Si](C)(C)CCCCCCN(CCCCO)CCCCCC[Si](C)(C)OC(CCCCCCC)OCCCCCCCC. The molecule has 362 valence electrons. The number of rotatable bonds is 50. The van der Waals surface area contributed by atoms with Crippen LogP contribution in [0.2, 0.25) is 38.3 Å². The van der Waals surface area contributed by atoms with Gasteiger partial charge in [0.15, 0.2) is 16.6 Å². The number of aliphatic hydroxyl groups excluding tert-OH is 1. The lowest BCUT2D eigenvalue weighted by Gasteiger charge is -2.30. The fourth-order valence-electron chi connectivity index (χ4n) is 8.47. The molecule has 0 amide bonds. The van der Waals surface area contributed by atoms with E-state index < -0.39 is 16.6 Å². The monoisotopic (exact) mass is 886 g/mol. The van der Waals surface area contributed by atoms with Gasteiger partial charge in [-0.1, -0.05) is 182 Å². The molecule has 2 unspecified atom stereocenters. The molecular weight excluding hydrogens is 775 g/mol. The highest BCUT2D eigenvalue weighted by Crippen LogP contribution is 2.24. The molecule has 0 aromatic rings. The normalized spacial score (nSPS) is 13.5. The van der Waals surface area contributed by atoms with Gasteiger partial charge in [0.2, 0.25) is 0 Å². The molecule has 0 bridgehead atoms. The standard InChI is InChI=1S/C52H111NO5Si2/c1-9-13-17-21-27-37-47-55-51(41-31-23-19-15-11-3)57-59(5,6)49-39-29-25-33-43-53(45-35-36-46-54)44-34-26-30-40-50-60(7,8)58-52(42-32-24-20-16-12-4)56-48-38-28-22-18-14-10-2/h51-52,54H,9-50H2,1-8H3. The Morgan fingerprint density at radius 3 is 1.03 bits per heavy atom. The molecule has 0 saturated heterocycles. The van der Waals surface area contributed by atoms with Crippen LogP contribution in [0.25, 0.3) is 0 Å². The van der Waals surface area contributed by atoms with Gasteiger partial charge in [-0.05, 0) is 122 Å². The number of ether oxygens (including phenoxy) is 2. The maximum absolute atomic E-state index is 9.45. The van der Waals surface area contributed by atoms with Gasteiger partial charge in [-0.2, -0.15) is 0 Å². The lowest BCUT2D eigenvalue weighted by atomic mass is 10.1. The van der Waals surface area contributed by atoms with Crippen molar-refractivity contribution in [1.29, 1.82) is 0 Å². The van der Waals surface area contributed by atoms with Crippen molar-refractivity contribution in [3.8, 4) is 0 Å². The minimum absolute atomic E-state index is 0.000265. The first-order valence-corrected chi connectivity index (χ1v) is 33.3. The second-order valence-corrected chi connectivity index (χ2v) is 28.4. The van der Waals surface area contributed by atoms with Gasteiger partial charge in [-0.25, -0.2) is 0 Å². The summed E-state index contributed by atoms with van der Waals surface area (Å²) in [5, 5.41) is 9.45. The second kappa shape index (κ2) is 44.4. The number of aliphatic hydroxyl groups is 1. The summed E-state index contributed by atoms with van der Waals surface area (Å²) in [6, 6.07) is 2.47. The largest absolute Gasteiger partial charge is 0.396 e. The van der Waals surface area contributed by atoms with Crippen LogP contribution in [0.15, 0.2) is 0 Å². The van der Waals surface area contributed by atoms with E-state index in [2.05, 4.69) is 58.8 Å². The van der Waals surface area contributed by atoms with E-state index in [0.717, 1.165) is 45.4 Å². The molecule has 0 spiro atoms. The van der Waals surface area contributed by atoms with Crippen LogP contribution in [-0.2, 0) is 18.3 Å². The number of hydrogen-bond donors (Lipinski definition) is 1. The average Bonchev–Trinajstić information content (AvgIpc) is 3.21. The Bertz CT molecular complexity index is 787. The third-order valence-corrected chi connectivity index (χ3v) is 17.4. The first kappa shape index (κ1) is 60.2. The van der Waals surface area contributed by atoms with Crippen molar-refractivity contribution < 1.29 is 23.4 Å². The fourth-order valence-corrected chi connectivity index (χ4v) is 12.7. The van der Waals surface area contributed by atoms with Crippen molar-refractivity contribution in [2.75, 3.05) is 39.5 Å². The molecule has 0 fully saturated rings. The van der Waals surface area contributed by atoms with Crippen molar-refractivity contribution in [2.45, 2.75) is 297 Å². The Morgan fingerprint density at radius 1 is 0.367 bits per heavy atom. The van der Waals surface area contributed by atoms with Crippen LogP contribution < -0.4 is 0 Å². The molecule has 0 rings (SSSR count). The summed E-state index contributed by atoms with van der Waals surface area (Å²) in [4.78, 5) is 2.69. The molecule has 8 heteroatoms. The Labute approximate surface area is 379 Å². The quantitative estimate of drug-likeness (QED) is 0.0373. The topological polar surface area (TPSA) is 60.4 Å². The van der Waals surface area contributed by atoms with Crippen LogP contribution in [-0.4, -0.2) is 78.7 Å². The van der Waals surface area contributed by atoms with Crippen LogP contribution in [0.4, 0.5) is 0 Å². The molecule has 0 aromatic heterocycles. The maximum atomic E-state index is 9.45. The first-order chi connectivity index (χ1) is 29.1. The molecule has 0 radical (unpaired) electrons. The third-order valence-electron chi connectivity index (χ3n) is 12.5. The Morgan fingerprint density at radius 2 is 0.667 bits per heavy atom. The molecule has 0 aliphatic rings. The van der Waals surface area contributed by atoms with Crippen molar-refractivity contribution in [3.05, 3.63) is 0 Å². The zero-order chi connectivity index (χ0) is 44.3. The van der Waals surface area contributed by atoms with Crippen LogP contribution in [0, 0.1) is 0 Å². The highest BCUT2D eigenvalue weighted by atomic mass is 28.4. The fraction of sp³-hybridized carbons (Fsp3) is 1.00. The summed E-state index contributed by atoms with van der Waals surface area (Å²) in [6.45, 7) is 24.4. The van der Waals surface area contributed by atoms with Crippen LogP contribution >= 0.6 is 0 Å². The summed E-state index contributed by atoms with van der Waals surface area (Å²) in [5.74, 6) is 0. The van der Waals surface area contributed by atoms with Gasteiger partial charge >= 0.3 is 0 Å². The van der Waals surface area contributed by atoms with Crippen LogP contribution in [0.1, 0.15) is 246 Å². The first-order valence-electron chi connectivity index (χ1n) is 27.0. The highest BCUT2D eigenvalue weighted by Gasteiger charge is 2.28. The van der Waals surface area contributed by atoms with E-state index in [-0.39, 0.29) is 12.6 Å². The zero-order valence-electron chi connectivity index (χ0n) is 42.4. The van der Waals surface area contributed by atoms with Gasteiger partial charge in [0.05, 0.1) is 0 Å². The van der Waals surface area contributed by atoms with Gasteiger partial charge in [0.1, 0.15) is 12.6 Å². The second-order valence-electron chi connectivity index (χ2n) is 19.9. The van der Waals surface area contributed by atoms with Gasteiger partial charge in [-0.15, -0.1) is 0 Å². The van der Waals surface area contributed by atoms with Gasteiger partial charge in [-0.3, -0.25) is 0 Å². The van der Waals surface area contributed by atoms with E-state index in [1.165, 1.54) is 218 Å². The third kappa shape index (κ3) is 42.2. The van der Waals surface area contributed by atoms with Crippen molar-refractivity contribution >= 4 is 16.6 Å². The predicted octanol–water partition coefficient (Wildman–Crippen LogP) is 16.8. The van der Waals surface area contributed by atoms with Crippen LogP contribution in [0.5, 0.6) is 0 Å². The lowest BCUT2D eigenvalue weighted by Crippen LogP contribution is -2.37. The molecular formula is C52H111NO5Si2. The Kier molecular flexibility index (Phi) is 44.5. The smallest absolute Gasteiger partial charge is 0.190 e. The van der Waals surface area contributed by atoms with Gasteiger partial charge < -0.3 is 28.3 Å². The van der Waals surface area contributed by atoms with E-state index >= 15 is 0 Å². The van der Waals surface area contributed by atoms with E-state index in [1.54, 1.807) is 0 Å². The van der Waals surface area contributed by atoms with E-state index in [0.29, 0.717) is 6.61 Å². The molecule has 2 atom stereocenters. The number of unbranched alkanes of at least 4 members (excludes halogenated alkanes) is 25. The predicted molar refractivity (Wildman–Crippen MR) is 269 cm³/mol. The molecule has 0 aliphatic heterocycles. The Balaban J connectivity index is 4.62. The van der Waals surface area contributed by atoms with E-state index in [1.807, 2.05) is 0 Å². The van der Waals surface area contributed by atoms with Crippen molar-refractivity contribution in [2.24, 2.45) is 0 Å². The summed E-state index contributed by atoms with van der Waals surface area (Å²) in [6.07, 6.45) is 43.1. The molecule has 1 N–H and O–H groups in total. The molecule has 60 heavy (non-hydrogen) atoms. The minimum atomic E-state index is -1.77. The van der Waals surface area contributed by atoms with E-state index in [9.17, 15) is 5.11 Å². The highest BCUT2D eigenvalue weighted by molar-refractivity contribution is 6.71. The van der Waals surface area contributed by atoms with Crippen LogP contribution in [0.3, 0.4) is 0 Å². The molecule has 6 nitrogen and oxygen atoms in total. The van der Waals surface area contributed by atoms with Gasteiger partial charge in [0, 0.05) is 19.8 Å². The molecule has 0 aliphatic carbocycles. The number of hydrogen-bond acceptors (Lipinski definition) is 6. The zero-order valence-corrected chi connectivity index (χ0v) is 44.4. The molecule has 0 heterocycles. The number of nitrogens with zero attached hydrogens (tertiary/aromatic N) is 1. The minimum Gasteiger partial charge on any atom is -0.396 e. The van der Waals surface area contributed by atoms with Gasteiger partial charge in [0.25, 0.3) is 0 Å². The Hall–Kier alpha value is 0.194. The summed E-state index contributed by atoms with van der Waals surface area (Å²) >= 11 is 0. The summed E-state index contributed by atoms with van der Waals surface area (Å²) < 4.78 is 26.5. The lowest BCUT2D eigenvalue weighted by molar-refractivity contribution is -0.0929. The summed E-state index contributed by atoms with van der Waals surface area (Å²) in [5.41, 5.74) is 0. The maximum Gasteiger partial charge on any atom is 0.190 e. The molecule has 0 saturated carbocycles.